The van der Waals surface area contributed by atoms with E-state index in [1.165, 1.54) is 11.8 Å². The van der Waals surface area contributed by atoms with Crippen LogP contribution in [0.15, 0.2) is 29.6 Å². The van der Waals surface area contributed by atoms with Gasteiger partial charge in [-0.05, 0) is 43.1 Å². The molecule has 7 heteroatoms. The zero-order valence-corrected chi connectivity index (χ0v) is 14.3. The Bertz CT molecular complexity index is 824. The lowest BCUT2D eigenvalue weighted by atomic mass is 9.90. The number of carbonyl (C=O) groups is 2. The van der Waals surface area contributed by atoms with Gasteiger partial charge in [0.2, 0.25) is 0 Å². The van der Waals surface area contributed by atoms with Crippen molar-refractivity contribution in [1.82, 2.24) is 14.3 Å². The Morgan fingerprint density at radius 2 is 2.08 bits per heavy atom. The largest absolute Gasteiger partial charge is 0.481 e. The number of imidazole rings is 1. The van der Waals surface area contributed by atoms with Crippen molar-refractivity contribution in [1.29, 1.82) is 0 Å². The highest BCUT2D eigenvalue weighted by atomic mass is 32.2. The molecule has 1 saturated heterocycles. The predicted molar refractivity (Wildman–Crippen MR) is 90.3 cm³/mol. The first-order valence-electron chi connectivity index (χ1n) is 8.09. The normalized spacial score (nSPS) is 22.0. The molecule has 2 aliphatic rings. The zero-order valence-electron chi connectivity index (χ0n) is 13.4. The van der Waals surface area contributed by atoms with Gasteiger partial charge in [0, 0.05) is 19.3 Å². The topological polar surface area (TPSA) is 74.9 Å². The van der Waals surface area contributed by atoms with Crippen LogP contribution in [0.3, 0.4) is 0 Å². The maximum Gasteiger partial charge on any atom is 0.307 e. The molecule has 2 aromatic rings. The minimum Gasteiger partial charge on any atom is -0.481 e. The van der Waals surface area contributed by atoms with Crippen molar-refractivity contribution < 1.29 is 14.7 Å². The van der Waals surface area contributed by atoms with Gasteiger partial charge in [-0.25, -0.2) is 4.98 Å². The summed E-state index contributed by atoms with van der Waals surface area (Å²) in [5.74, 6) is -0.966. The summed E-state index contributed by atoms with van der Waals surface area (Å²) in [6.07, 6.45) is 6.17. The van der Waals surface area contributed by atoms with Crippen LogP contribution in [0.1, 0.15) is 29.8 Å². The van der Waals surface area contributed by atoms with Gasteiger partial charge in [0.05, 0.1) is 11.4 Å². The van der Waals surface area contributed by atoms with Crippen LogP contribution in [0.2, 0.25) is 0 Å². The van der Waals surface area contributed by atoms with Gasteiger partial charge in [-0.1, -0.05) is 17.8 Å². The molecule has 1 aliphatic heterocycles. The number of likely N-dealkylation sites (tertiary alicyclic amines) is 1. The molecule has 1 saturated carbocycles. The van der Waals surface area contributed by atoms with E-state index in [9.17, 15) is 14.7 Å². The van der Waals surface area contributed by atoms with Crippen LogP contribution >= 0.6 is 11.8 Å². The van der Waals surface area contributed by atoms with Crippen molar-refractivity contribution >= 4 is 29.2 Å². The number of rotatable bonds is 3. The smallest absolute Gasteiger partial charge is 0.307 e. The van der Waals surface area contributed by atoms with E-state index in [2.05, 4.69) is 4.98 Å². The third kappa shape index (κ3) is 2.30. The minimum absolute atomic E-state index is 0.0543. The van der Waals surface area contributed by atoms with Crippen LogP contribution in [0.4, 0.5) is 0 Å². The molecule has 0 aromatic carbocycles. The first kappa shape index (κ1) is 15.5. The molecule has 0 radical (unpaired) electrons. The van der Waals surface area contributed by atoms with Crippen LogP contribution in [0, 0.1) is 11.3 Å². The summed E-state index contributed by atoms with van der Waals surface area (Å²) in [6.45, 7) is 1.23. The minimum atomic E-state index is -0.695. The van der Waals surface area contributed by atoms with Crippen molar-refractivity contribution in [3.05, 3.63) is 30.1 Å². The SMILES string of the molecule is CSc1nc(C(=O)N2CCC3(CC2)CC3C(=O)O)c2ccccn12. The number of nitrogens with zero attached hydrogens (tertiary/aromatic N) is 3. The van der Waals surface area contributed by atoms with Crippen LogP contribution in [-0.4, -0.2) is 50.6 Å². The lowest BCUT2D eigenvalue weighted by molar-refractivity contribution is -0.139. The fraction of sp³-hybridized carbons (Fsp3) is 0.471. The number of thioether (sulfide) groups is 1. The lowest BCUT2D eigenvalue weighted by Gasteiger charge is -2.32. The second-order valence-electron chi connectivity index (χ2n) is 6.65. The third-order valence-electron chi connectivity index (χ3n) is 5.44. The monoisotopic (exact) mass is 345 g/mol. The molecule has 24 heavy (non-hydrogen) atoms. The number of aliphatic carboxylic acids is 1. The number of pyridine rings is 1. The van der Waals surface area contributed by atoms with E-state index >= 15 is 0 Å². The van der Waals surface area contributed by atoms with E-state index in [0.717, 1.165) is 29.9 Å². The third-order valence-corrected chi connectivity index (χ3v) is 6.09. The van der Waals surface area contributed by atoms with Crippen LogP contribution in [0.25, 0.3) is 5.52 Å². The number of piperidine rings is 1. The number of aromatic nitrogens is 2. The van der Waals surface area contributed by atoms with Crippen LogP contribution < -0.4 is 0 Å². The molecule has 1 N–H and O–H groups in total. The summed E-state index contributed by atoms with van der Waals surface area (Å²) in [5.41, 5.74) is 1.24. The summed E-state index contributed by atoms with van der Waals surface area (Å²) in [7, 11) is 0. The molecule has 126 valence electrons. The van der Waals surface area contributed by atoms with E-state index in [4.69, 9.17) is 0 Å². The highest BCUT2D eigenvalue weighted by Gasteiger charge is 2.59. The summed E-state index contributed by atoms with van der Waals surface area (Å²) in [4.78, 5) is 30.4. The molecule has 6 nitrogen and oxygen atoms in total. The van der Waals surface area contributed by atoms with Crippen LogP contribution in [-0.2, 0) is 4.79 Å². The zero-order chi connectivity index (χ0) is 16.9. The molecule has 0 bridgehead atoms. The first-order chi connectivity index (χ1) is 11.6. The van der Waals surface area contributed by atoms with E-state index in [0.29, 0.717) is 18.8 Å². The molecular formula is C17H19N3O3S. The first-order valence-corrected chi connectivity index (χ1v) is 9.31. The summed E-state index contributed by atoms with van der Waals surface area (Å²) < 4.78 is 1.94. The number of amides is 1. The predicted octanol–water partition coefficient (Wildman–Crippen LogP) is 2.38. The molecule has 1 atom stereocenters. The quantitative estimate of drug-likeness (QED) is 0.865. The number of carbonyl (C=O) groups excluding carboxylic acids is 1. The van der Waals surface area contributed by atoms with E-state index < -0.39 is 5.97 Å². The van der Waals surface area contributed by atoms with Gasteiger partial charge in [-0.2, -0.15) is 0 Å². The van der Waals surface area contributed by atoms with E-state index in [-0.39, 0.29) is 17.2 Å². The highest BCUT2D eigenvalue weighted by Crippen LogP contribution is 2.59. The Balaban J connectivity index is 1.55. The maximum atomic E-state index is 12.9. The fourth-order valence-corrected chi connectivity index (χ4v) is 4.40. The number of carboxylic acid groups (broad SMARTS) is 1. The Labute approximate surface area is 143 Å². The maximum absolute atomic E-state index is 12.9. The molecule has 1 aliphatic carbocycles. The summed E-state index contributed by atoms with van der Waals surface area (Å²) in [5, 5.41) is 9.98. The highest BCUT2D eigenvalue weighted by molar-refractivity contribution is 7.98. The van der Waals surface area contributed by atoms with Gasteiger partial charge in [0.25, 0.3) is 5.91 Å². The Hall–Kier alpha value is -2.02. The molecule has 1 spiro atoms. The molecular weight excluding hydrogens is 326 g/mol. The average molecular weight is 345 g/mol. The molecule has 3 heterocycles. The van der Waals surface area contributed by atoms with Gasteiger partial charge in [-0.3, -0.25) is 14.0 Å². The second kappa shape index (κ2) is 5.51. The number of carboxylic acids is 1. The van der Waals surface area contributed by atoms with Gasteiger partial charge < -0.3 is 10.0 Å². The number of hydrogen-bond acceptors (Lipinski definition) is 4. The Morgan fingerprint density at radius 1 is 1.33 bits per heavy atom. The van der Waals surface area contributed by atoms with Gasteiger partial charge in [0.1, 0.15) is 0 Å². The second-order valence-corrected chi connectivity index (χ2v) is 7.43. The van der Waals surface area contributed by atoms with Crippen molar-refractivity contribution in [2.75, 3.05) is 19.3 Å². The molecule has 2 aromatic heterocycles. The van der Waals surface area contributed by atoms with Gasteiger partial charge in [-0.15, -0.1) is 0 Å². The summed E-state index contributed by atoms with van der Waals surface area (Å²) in [6, 6.07) is 5.74. The van der Waals surface area contributed by atoms with E-state index in [1.54, 1.807) is 0 Å². The number of hydrogen-bond donors (Lipinski definition) is 1. The Morgan fingerprint density at radius 3 is 2.71 bits per heavy atom. The van der Waals surface area contributed by atoms with Crippen molar-refractivity contribution in [2.45, 2.75) is 24.4 Å². The molecule has 2 fully saturated rings. The molecule has 1 unspecified atom stereocenters. The van der Waals surface area contributed by atoms with Crippen molar-refractivity contribution in [2.24, 2.45) is 11.3 Å². The van der Waals surface area contributed by atoms with Crippen molar-refractivity contribution in [3.8, 4) is 0 Å². The van der Waals surface area contributed by atoms with E-state index in [1.807, 2.05) is 40.0 Å². The number of fused-ring (bicyclic) bond motifs is 1. The average Bonchev–Trinajstić information content (AvgIpc) is 3.17. The molecule has 4 rings (SSSR count). The van der Waals surface area contributed by atoms with Crippen molar-refractivity contribution in [3.63, 3.8) is 0 Å². The van der Waals surface area contributed by atoms with Gasteiger partial charge in [0.15, 0.2) is 10.9 Å². The standard InChI is InChI=1S/C17H19N3O3S/c1-24-16-18-13(12-4-2-3-7-20(12)16)14(21)19-8-5-17(6-9-19)10-11(17)15(22)23/h2-4,7,11H,5-6,8-10H2,1H3,(H,22,23). The van der Waals surface area contributed by atoms with Crippen LogP contribution in [0.5, 0.6) is 0 Å². The van der Waals surface area contributed by atoms with Gasteiger partial charge >= 0.3 is 5.97 Å². The molecule has 1 amide bonds. The Kier molecular flexibility index (Phi) is 3.56. The fourth-order valence-electron chi connectivity index (χ4n) is 3.87. The summed E-state index contributed by atoms with van der Waals surface area (Å²) >= 11 is 1.51. The lowest BCUT2D eigenvalue weighted by Crippen LogP contribution is -2.40.